The van der Waals surface area contributed by atoms with Crippen LogP contribution >= 0.6 is 12.6 Å². The number of fused-ring (bicyclic) bond motifs is 1. The minimum atomic E-state index is 0.483. The topological polar surface area (TPSA) is 45.3 Å². The van der Waals surface area contributed by atoms with E-state index in [1.54, 1.807) is 12.3 Å². The lowest BCUT2D eigenvalue weighted by Gasteiger charge is -1.82. The molecular weight excluding hydrogens is 162 g/mol. The first-order valence-corrected chi connectivity index (χ1v) is 3.43. The minimum Gasteiger partial charge on any atom is -0.248 e. The molecule has 1 aliphatic rings. The number of nitrogens with zero attached hydrogens (tertiary/aromatic N) is 3. The van der Waals surface area contributed by atoms with Crippen molar-refractivity contribution in [3.05, 3.63) is 27.7 Å². The third kappa shape index (κ3) is 0.932. The van der Waals surface area contributed by atoms with Gasteiger partial charge >= 0.3 is 0 Å². The second kappa shape index (κ2) is 2.13. The maximum absolute atomic E-state index is 10.7. The van der Waals surface area contributed by atoms with Gasteiger partial charge in [0.15, 0.2) is 10.2 Å². The van der Waals surface area contributed by atoms with Crippen molar-refractivity contribution in [2.45, 2.75) is 5.03 Å². The first-order chi connectivity index (χ1) is 5.27. The highest BCUT2D eigenvalue weighted by atomic mass is 32.1. The molecule has 2 heterocycles. The first-order valence-electron chi connectivity index (χ1n) is 2.98. The molecule has 1 aromatic rings. The third-order valence-corrected chi connectivity index (χ3v) is 1.71. The molecule has 2 rings (SSSR count). The standard InChI is InChI=1S/C6H3N3OS/c10-9-3-4-1-2-7-6(11)5(4)8-9/h1-3H/p+1. The van der Waals surface area contributed by atoms with Crippen molar-refractivity contribution < 1.29 is 4.87 Å². The van der Waals surface area contributed by atoms with Crippen LogP contribution in [0.2, 0.25) is 0 Å². The second-order valence-electron chi connectivity index (χ2n) is 2.10. The van der Waals surface area contributed by atoms with Crippen LogP contribution in [0, 0.1) is 4.91 Å². The maximum atomic E-state index is 10.7. The average Bonchev–Trinajstić information content (AvgIpc) is 2.31. The van der Waals surface area contributed by atoms with E-state index >= 15 is 0 Å². The molecule has 0 saturated carbocycles. The quantitative estimate of drug-likeness (QED) is 0.414. The van der Waals surface area contributed by atoms with Crippen molar-refractivity contribution in [2.24, 2.45) is 5.10 Å². The summed E-state index contributed by atoms with van der Waals surface area (Å²) >= 11 is 4.04. The Balaban J connectivity index is 2.97. The van der Waals surface area contributed by atoms with E-state index in [0.29, 0.717) is 15.3 Å². The number of nitroso groups, excluding NO2 is 1. The van der Waals surface area contributed by atoms with Gasteiger partial charge < -0.3 is 0 Å². The molecule has 0 radical (unpaired) electrons. The fourth-order valence-electron chi connectivity index (χ4n) is 0.910. The lowest BCUT2D eigenvalue weighted by molar-refractivity contribution is -0.449. The molecule has 54 valence electrons. The molecule has 0 unspecified atom stereocenters. The normalized spacial score (nSPS) is 13.7. The highest BCUT2D eigenvalue weighted by molar-refractivity contribution is 7.80. The van der Waals surface area contributed by atoms with Gasteiger partial charge in [-0.1, -0.05) is 0 Å². The van der Waals surface area contributed by atoms with Gasteiger partial charge in [0.1, 0.15) is 5.03 Å². The van der Waals surface area contributed by atoms with Crippen LogP contribution in [0.15, 0.2) is 22.4 Å². The molecule has 0 aliphatic carbocycles. The number of aromatic nitrogens is 1. The van der Waals surface area contributed by atoms with Gasteiger partial charge in [0, 0.05) is 6.20 Å². The summed E-state index contributed by atoms with van der Waals surface area (Å²) in [4.78, 5) is 15.1. The molecule has 0 spiro atoms. The highest BCUT2D eigenvalue weighted by Gasteiger charge is 2.12. The molecular formula is C6H4N3OS+. The van der Waals surface area contributed by atoms with Crippen LogP contribution in [0.1, 0.15) is 0 Å². The Labute approximate surface area is 67.2 Å². The predicted molar refractivity (Wildman–Crippen MR) is 40.4 cm³/mol. The van der Waals surface area contributed by atoms with Crippen LogP contribution in [0.4, 0.5) is 0 Å². The summed E-state index contributed by atoms with van der Waals surface area (Å²) < 4.78 is 0. The summed E-state index contributed by atoms with van der Waals surface area (Å²) in [5.74, 6) is 0. The molecule has 0 N–H and O–H groups in total. The molecule has 0 bridgehead atoms. The zero-order valence-corrected chi connectivity index (χ0v) is 6.32. The van der Waals surface area contributed by atoms with E-state index in [0.717, 1.165) is 5.22 Å². The van der Waals surface area contributed by atoms with Crippen LogP contribution < -0.4 is 10.6 Å². The molecule has 0 aromatic carbocycles. The summed E-state index contributed by atoms with van der Waals surface area (Å²) in [6.07, 6.45) is 2.98. The van der Waals surface area contributed by atoms with E-state index in [2.05, 4.69) is 22.7 Å². The van der Waals surface area contributed by atoms with Crippen molar-refractivity contribution in [2.75, 3.05) is 0 Å². The Morgan fingerprint density at radius 2 is 2.36 bits per heavy atom. The summed E-state index contributed by atoms with van der Waals surface area (Å²) in [6.45, 7) is 0. The zero-order valence-electron chi connectivity index (χ0n) is 5.43. The first kappa shape index (κ1) is 6.48. The van der Waals surface area contributed by atoms with Crippen LogP contribution in [-0.4, -0.2) is 9.85 Å². The highest BCUT2D eigenvalue weighted by Crippen LogP contribution is 1.90. The average molecular weight is 166 g/mol. The van der Waals surface area contributed by atoms with Gasteiger partial charge in [-0.15, -0.1) is 12.6 Å². The van der Waals surface area contributed by atoms with Gasteiger partial charge in [-0.3, -0.25) is 0 Å². The van der Waals surface area contributed by atoms with Gasteiger partial charge in [0.25, 0.3) is 6.20 Å². The van der Waals surface area contributed by atoms with E-state index in [-0.39, 0.29) is 0 Å². The molecule has 4 nitrogen and oxygen atoms in total. The monoisotopic (exact) mass is 166 g/mol. The Morgan fingerprint density at radius 1 is 1.55 bits per heavy atom. The van der Waals surface area contributed by atoms with Crippen molar-refractivity contribution in [1.29, 1.82) is 0 Å². The molecule has 11 heavy (non-hydrogen) atoms. The van der Waals surface area contributed by atoms with Gasteiger partial charge in [-0.25, -0.2) is 4.98 Å². The van der Waals surface area contributed by atoms with Crippen molar-refractivity contribution in [3.63, 3.8) is 0 Å². The molecule has 1 aromatic heterocycles. The fraction of sp³-hybridized carbons (Fsp3) is 0. The van der Waals surface area contributed by atoms with Crippen LogP contribution in [0.3, 0.4) is 0 Å². The molecule has 0 fully saturated rings. The van der Waals surface area contributed by atoms with Crippen LogP contribution in [0.5, 0.6) is 0 Å². The van der Waals surface area contributed by atoms with Crippen LogP contribution in [0.25, 0.3) is 6.20 Å². The minimum absolute atomic E-state index is 0.483. The summed E-state index contributed by atoms with van der Waals surface area (Å²) in [5, 5.41) is 5.43. The number of hydrogen-bond donors (Lipinski definition) is 1. The van der Waals surface area contributed by atoms with Crippen LogP contribution in [-0.2, 0) is 0 Å². The maximum Gasteiger partial charge on any atom is 0.269 e. The van der Waals surface area contributed by atoms with Crippen molar-refractivity contribution in [1.82, 2.24) is 4.98 Å². The number of pyridine rings is 1. The smallest absolute Gasteiger partial charge is 0.248 e. The molecule has 1 aliphatic heterocycles. The number of thiol groups is 1. The van der Waals surface area contributed by atoms with Gasteiger partial charge in [0.05, 0.1) is 15.2 Å². The summed E-state index contributed by atoms with van der Waals surface area (Å²) in [7, 11) is 0. The third-order valence-electron chi connectivity index (χ3n) is 1.38. The summed E-state index contributed by atoms with van der Waals surface area (Å²) in [5.41, 5.74) is 0. The Hall–Kier alpha value is -1.23. The molecule has 0 amide bonds. The van der Waals surface area contributed by atoms with Gasteiger partial charge in [0.2, 0.25) is 0 Å². The van der Waals surface area contributed by atoms with E-state index in [1.807, 2.05) is 0 Å². The Morgan fingerprint density at radius 3 is 3.09 bits per heavy atom. The SMILES string of the molecule is O=[N+]1C=c2ccnc(S)c2=N1. The van der Waals surface area contributed by atoms with E-state index in [4.69, 9.17) is 0 Å². The largest absolute Gasteiger partial charge is 0.269 e. The molecule has 0 saturated heterocycles. The molecule has 0 atom stereocenters. The summed E-state index contributed by atoms with van der Waals surface area (Å²) in [6, 6.07) is 1.72. The number of hydrogen-bond acceptors (Lipinski definition) is 3. The zero-order chi connectivity index (χ0) is 7.84. The lowest BCUT2D eigenvalue weighted by atomic mass is 10.4. The van der Waals surface area contributed by atoms with E-state index < -0.39 is 0 Å². The van der Waals surface area contributed by atoms with Gasteiger partial charge in [-0.2, -0.15) is 0 Å². The van der Waals surface area contributed by atoms with E-state index in [1.165, 1.54) is 6.20 Å². The second-order valence-corrected chi connectivity index (χ2v) is 2.53. The lowest BCUT2D eigenvalue weighted by Crippen LogP contribution is -2.23. The molecule has 5 heteroatoms. The number of rotatable bonds is 0. The Kier molecular flexibility index (Phi) is 1.25. The predicted octanol–water partition coefficient (Wildman–Crippen LogP) is -0.565. The van der Waals surface area contributed by atoms with Crippen molar-refractivity contribution >= 4 is 18.8 Å². The van der Waals surface area contributed by atoms with E-state index in [9.17, 15) is 4.91 Å². The van der Waals surface area contributed by atoms with Gasteiger partial charge in [-0.05, 0) is 6.07 Å². The fourth-order valence-corrected chi connectivity index (χ4v) is 1.15. The van der Waals surface area contributed by atoms with Crippen molar-refractivity contribution in [3.8, 4) is 0 Å². The Bertz CT molecular complexity index is 440.